The summed E-state index contributed by atoms with van der Waals surface area (Å²) in [4.78, 5) is 6.52. The molecule has 184 valence electrons. The van der Waals surface area contributed by atoms with E-state index in [1.807, 2.05) is 19.0 Å². The Morgan fingerprint density at radius 3 is 2.70 bits per heavy atom. The molecule has 0 spiro atoms. The average molecular weight is 516 g/mol. The van der Waals surface area contributed by atoms with Gasteiger partial charge in [-0.25, -0.2) is 13.4 Å². The van der Waals surface area contributed by atoms with Crippen LogP contribution in [-0.4, -0.2) is 90.9 Å². The third-order valence-corrected chi connectivity index (χ3v) is 9.08. The molecule has 1 fully saturated rings. The van der Waals surface area contributed by atoms with Crippen molar-refractivity contribution in [3.63, 3.8) is 0 Å². The molecule has 0 radical (unpaired) electrons. The highest BCUT2D eigenvalue weighted by molar-refractivity contribution is 8.14. The van der Waals surface area contributed by atoms with Crippen molar-refractivity contribution in [1.82, 2.24) is 14.2 Å². The summed E-state index contributed by atoms with van der Waals surface area (Å²) >= 11 is 7.85. The molecular formula is C22H34ClN5O3S2. The lowest BCUT2D eigenvalue weighted by atomic mass is 9.96. The fourth-order valence-electron chi connectivity index (χ4n) is 3.99. The predicted molar refractivity (Wildman–Crippen MR) is 137 cm³/mol. The van der Waals surface area contributed by atoms with Crippen LogP contribution in [0, 0.1) is 0 Å². The first-order chi connectivity index (χ1) is 15.7. The molecule has 8 nitrogen and oxygen atoms in total. The summed E-state index contributed by atoms with van der Waals surface area (Å²) in [7, 11) is -0.223. The molecule has 1 saturated carbocycles. The van der Waals surface area contributed by atoms with Crippen LogP contribution in [0.15, 0.2) is 33.2 Å². The van der Waals surface area contributed by atoms with Gasteiger partial charge in [-0.15, -0.1) is 0 Å². The van der Waals surface area contributed by atoms with Crippen molar-refractivity contribution in [1.29, 1.82) is 0 Å². The number of aliphatic hydroxyl groups excluding tert-OH is 1. The van der Waals surface area contributed by atoms with Crippen LogP contribution in [0.4, 0.5) is 0 Å². The summed E-state index contributed by atoms with van der Waals surface area (Å²) in [6, 6.07) is 5.33. The highest BCUT2D eigenvalue weighted by Crippen LogP contribution is 2.30. The molecule has 1 N–H and O–H groups in total. The Balaban J connectivity index is 1.77. The normalized spacial score (nSPS) is 19.1. The Morgan fingerprint density at radius 2 is 2.03 bits per heavy atom. The molecule has 1 aromatic rings. The van der Waals surface area contributed by atoms with E-state index in [2.05, 4.69) is 10.1 Å². The van der Waals surface area contributed by atoms with Gasteiger partial charge in [0.25, 0.3) is 0 Å². The first kappa shape index (κ1) is 26.4. The van der Waals surface area contributed by atoms with Crippen molar-refractivity contribution in [3.8, 4) is 0 Å². The summed E-state index contributed by atoms with van der Waals surface area (Å²) in [5, 5.41) is 17.6. The zero-order valence-corrected chi connectivity index (χ0v) is 21.9. The zero-order valence-electron chi connectivity index (χ0n) is 19.5. The Hall–Kier alpha value is -1.17. The van der Waals surface area contributed by atoms with Crippen molar-refractivity contribution < 1.29 is 13.5 Å². The van der Waals surface area contributed by atoms with Crippen molar-refractivity contribution in [2.45, 2.75) is 56.1 Å². The number of rotatable bonds is 10. The van der Waals surface area contributed by atoms with E-state index in [0.29, 0.717) is 24.0 Å². The average Bonchev–Trinajstić information content (AvgIpc) is 3.25. The summed E-state index contributed by atoms with van der Waals surface area (Å²) in [6.45, 7) is 2.34. The Morgan fingerprint density at radius 1 is 1.30 bits per heavy atom. The molecule has 11 heteroatoms. The van der Waals surface area contributed by atoms with Gasteiger partial charge in [-0.2, -0.15) is 9.41 Å². The molecule has 0 saturated heterocycles. The standard InChI is InChI=1S/C22H34ClN5O3S2/c1-4-28(14-19(29)13-26(2)3)33(30,31)21-12-17(10-11-20(21)23)22-25-27(16-32-22)15-24-18-8-6-5-7-9-18/h10-12,15,18-19,29H,4-9,13-14,16H2,1-3H3. The molecule has 1 heterocycles. The van der Waals surface area contributed by atoms with Crippen molar-refractivity contribution in [2.24, 2.45) is 10.1 Å². The fraction of sp³-hybridized carbons (Fsp3) is 0.636. The quantitative estimate of drug-likeness (QED) is 0.380. The Labute approximate surface area is 206 Å². The number of likely N-dealkylation sites (N-methyl/N-ethyl adjacent to an activating group) is 2. The minimum atomic E-state index is -3.88. The topological polar surface area (TPSA) is 88.8 Å². The van der Waals surface area contributed by atoms with Crippen LogP contribution in [0.25, 0.3) is 0 Å². The number of sulfonamides is 1. The molecule has 0 aromatic heterocycles. The van der Waals surface area contributed by atoms with Crippen LogP contribution >= 0.6 is 23.4 Å². The van der Waals surface area contributed by atoms with E-state index < -0.39 is 16.1 Å². The monoisotopic (exact) mass is 515 g/mol. The zero-order chi connectivity index (χ0) is 24.0. The van der Waals surface area contributed by atoms with Gasteiger partial charge >= 0.3 is 0 Å². The van der Waals surface area contributed by atoms with Crippen LogP contribution in [0.3, 0.4) is 0 Å². The van der Waals surface area contributed by atoms with Crippen LogP contribution in [0.2, 0.25) is 5.02 Å². The van der Waals surface area contributed by atoms with Crippen molar-refractivity contribution in [3.05, 3.63) is 28.8 Å². The maximum atomic E-state index is 13.4. The van der Waals surface area contributed by atoms with Gasteiger partial charge in [0.15, 0.2) is 0 Å². The van der Waals surface area contributed by atoms with E-state index in [1.165, 1.54) is 35.3 Å². The molecule has 1 unspecified atom stereocenters. The van der Waals surface area contributed by atoms with Gasteiger partial charge in [-0.1, -0.05) is 55.6 Å². The molecule has 2 aliphatic rings. The number of aliphatic imine (C=N–C) groups is 1. The van der Waals surface area contributed by atoms with Gasteiger partial charge in [-0.3, -0.25) is 4.99 Å². The highest BCUT2D eigenvalue weighted by atomic mass is 35.5. The molecule has 33 heavy (non-hydrogen) atoms. The number of aliphatic hydroxyl groups is 1. The second kappa shape index (κ2) is 12.0. The first-order valence-electron chi connectivity index (χ1n) is 11.3. The molecule has 1 aliphatic carbocycles. The van der Waals surface area contributed by atoms with Gasteiger partial charge in [-0.05, 0) is 39.1 Å². The Kier molecular flexibility index (Phi) is 9.61. The minimum Gasteiger partial charge on any atom is -0.390 e. The molecule has 1 atom stereocenters. The largest absolute Gasteiger partial charge is 0.390 e. The lowest BCUT2D eigenvalue weighted by Gasteiger charge is -2.25. The number of benzene rings is 1. The Bertz CT molecular complexity index is 965. The van der Waals surface area contributed by atoms with Crippen molar-refractivity contribution >= 4 is 44.8 Å². The smallest absolute Gasteiger partial charge is 0.244 e. The van der Waals surface area contributed by atoms with Gasteiger partial charge in [0.05, 0.1) is 23.0 Å². The lowest BCUT2D eigenvalue weighted by molar-refractivity contribution is 0.115. The van der Waals surface area contributed by atoms with Crippen LogP contribution in [-0.2, 0) is 10.0 Å². The third-order valence-electron chi connectivity index (χ3n) is 5.68. The number of halogens is 1. The second-order valence-corrected chi connectivity index (χ2v) is 11.9. The fourth-order valence-corrected chi connectivity index (χ4v) is 6.81. The van der Waals surface area contributed by atoms with Crippen LogP contribution < -0.4 is 0 Å². The summed E-state index contributed by atoms with van der Waals surface area (Å²) in [5.74, 6) is 0.633. The van der Waals surface area contributed by atoms with Crippen molar-refractivity contribution in [2.75, 3.05) is 39.6 Å². The number of hydrazone groups is 1. The number of hydrogen-bond acceptors (Lipinski definition) is 7. The molecular weight excluding hydrogens is 482 g/mol. The number of nitrogens with zero attached hydrogens (tertiary/aromatic N) is 5. The van der Waals surface area contributed by atoms with E-state index >= 15 is 0 Å². The van der Waals surface area contributed by atoms with E-state index in [4.69, 9.17) is 11.6 Å². The van der Waals surface area contributed by atoms with Gasteiger partial charge < -0.3 is 10.0 Å². The van der Waals surface area contributed by atoms with Crippen LogP contribution in [0.1, 0.15) is 44.6 Å². The van der Waals surface area contributed by atoms with E-state index in [0.717, 1.165) is 17.9 Å². The van der Waals surface area contributed by atoms with E-state index in [-0.39, 0.29) is 23.0 Å². The summed E-state index contributed by atoms with van der Waals surface area (Å²) in [6.07, 6.45) is 7.01. The third kappa shape index (κ3) is 7.16. The number of hydrogen-bond donors (Lipinski definition) is 1. The molecule has 0 bridgehead atoms. The number of thioether (sulfide) groups is 1. The molecule has 1 aromatic carbocycles. The first-order valence-corrected chi connectivity index (χ1v) is 14.1. The minimum absolute atomic E-state index is 0.00131. The van der Waals surface area contributed by atoms with E-state index in [9.17, 15) is 13.5 Å². The molecule has 3 rings (SSSR count). The molecule has 0 amide bonds. The molecule has 1 aliphatic heterocycles. The van der Waals surface area contributed by atoms with E-state index in [1.54, 1.807) is 36.5 Å². The summed E-state index contributed by atoms with van der Waals surface area (Å²) in [5.41, 5.74) is 0.696. The SMILES string of the molecule is CCN(CC(O)CN(C)C)S(=O)(=O)c1cc(C2=NN(C=NC3CCCCC3)CS2)ccc1Cl. The van der Waals surface area contributed by atoms with Crippen LogP contribution in [0.5, 0.6) is 0 Å². The van der Waals surface area contributed by atoms with Gasteiger partial charge in [0.2, 0.25) is 10.0 Å². The lowest BCUT2D eigenvalue weighted by Crippen LogP contribution is -2.41. The summed E-state index contributed by atoms with van der Waals surface area (Å²) < 4.78 is 28.0. The van der Waals surface area contributed by atoms with Gasteiger partial charge in [0, 0.05) is 25.2 Å². The second-order valence-electron chi connectivity index (χ2n) is 8.69. The highest BCUT2D eigenvalue weighted by Gasteiger charge is 2.29. The predicted octanol–water partition coefficient (Wildman–Crippen LogP) is 3.30. The maximum Gasteiger partial charge on any atom is 0.244 e. The van der Waals surface area contributed by atoms with Gasteiger partial charge in [0.1, 0.15) is 16.3 Å². The maximum absolute atomic E-state index is 13.4.